The van der Waals surface area contributed by atoms with Crippen LogP contribution in [0, 0.1) is 12.7 Å². The number of aromatic nitrogens is 3. The summed E-state index contributed by atoms with van der Waals surface area (Å²) in [4.78, 5) is 8.98. The van der Waals surface area contributed by atoms with Gasteiger partial charge in [0, 0.05) is 11.8 Å². The van der Waals surface area contributed by atoms with E-state index in [2.05, 4.69) is 14.3 Å². The number of halogens is 1. The van der Waals surface area contributed by atoms with Crippen LogP contribution in [0.15, 0.2) is 41.6 Å². The second-order valence-electron chi connectivity index (χ2n) is 5.03. The number of aryl methyl sites for hydroxylation is 1. The normalized spacial score (nSPS) is 11.6. The Morgan fingerprint density at radius 1 is 1.04 bits per heavy atom. The average molecular weight is 349 g/mol. The van der Waals surface area contributed by atoms with E-state index in [0.29, 0.717) is 17.0 Å². The van der Waals surface area contributed by atoms with E-state index in [9.17, 15) is 12.8 Å². The van der Waals surface area contributed by atoms with Crippen molar-refractivity contribution in [3.63, 3.8) is 0 Å². The number of hydrogen-bond donors (Lipinski definition) is 0. The Balaban J connectivity index is 2.21. The highest BCUT2D eigenvalue weighted by molar-refractivity contribution is 7.90. The van der Waals surface area contributed by atoms with Gasteiger partial charge >= 0.3 is 0 Å². The summed E-state index contributed by atoms with van der Waals surface area (Å²) in [6, 6.07) is 9.20. The van der Waals surface area contributed by atoms with Crippen molar-refractivity contribution in [3.8, 4) is 21.8 Å². The molecular weight excluding hydrogens is 337 g/mol. The zero-order valence-corrected chi connectivity index (χ0v) is 13.9. The second kappa shape index (κ2) is 5.78. The first-order valence-electron chi connectivity index (χ1n) is 6.62. The number of benzene rings is 1. The van der Waals surface area contributed by atoms with E-state index in [-0.39, 0.29) is 11.0 Å². The molecule has 1 aromatic carbocycles. The highest BCUT2D eigenvalue weighted by Crippen LogP contribution is 2.28. The molecule has 0 saturated heterocycles. The van der Waals surface area contributed by atoms with Crippen LogP contribution >= 0.6 is 11.5 Å². The molecular formula is C15H12FN3O2S2. The summed E-state index contributed by atoms with van der Waals surface area (Å²) in [5, 5.41) is -0.264. The molecule has 0 amide bonds. The maximum Gasteiger partial charge on any atom is 0.247 e. The molecule has 3 rings (SSSR count). The minimum absolute atomic E-state index is 0.264. The first kappa shape index (κ1) is 15.7. The van der Waals surface area contributed by atoms with Crippen LogP contribution in [0.2, 0.25) is 0 Å². The smallest absolute Gasteiger partial charge is 0.221 e. The molecule has 0 bridgehead atoms. The van der Waals surface area contributed by atoms with Crippen LogP contribution in [0.3, 0.4) is 0 Å². The van der Waals surface area contributed by atoms with Crippen LogP contribution in [0.4, 0.5) is 4.39 Å². The maximum atomic E-state index is 13.1. The molecule has 0 saturated carbocycles. The third-order valence-corrected chi connectivity index (χ3v) is 4.81. The van der Waals surface area contributed by atoms with Crippen molar-refractivity contribution < 1.29 is 12.8 Å². The van der Waals surface area contributed by atoms with Gasteiger partial charge in [-0.05, 0) is 54.9 Å². The van der Waals surface area contributed by atoms with Crippen molar-refractivity contribution in [1.82, 2.24) is 14.3 Å². The monoisotopic (exact) mass is 349 g/mol. The van der Waals surface area contributed by atoms with E-state index in [1.807, 2.05) is 13.0 Å². The van der Waals surface area contributed by atoms with Gasteiger partial charge < -0.3 is 0 Å². The van der Waals surface area contributed by atoms with E-state index in [1.165, 1.54) is 23.7 Å². The Labute approximate surface area is 137 Å². The van der Waals surface area contributed by atoms with Crippen molar-refractivity contribution in [1.29, 1.82) is 0 Å². The molecule has 0 fully saturated rings. The van der Waals surface area contributed by atoms with Crippen LogP contribution in [0.1, 0.15) is 5.69 Å². The van der Waals surface area contributed by atoms with E-state index < -0.39 is 9.84 Å². The minimum atomic E-state index is -3.58. The van der Waals surface area contributed by atoms with Crippen molar-refractivity contribution in [2.45, 2.75) is 12.1 Å². The summed E-state index contributed by atoms with van der Waals surface area (Å²) in [7, 11) is -3.58. The predicted octanol–water partition coefficient (Wildman–Crippen LogP) is 3.12. The molecule has 2 aromatic heterocycles. The molecule has 0 radical (unpaired) electrons. The second-order valence-corrected chi connectivity index (χ2v) is 7.75. The average Bonchev–Trinajstić information content (AvgIpc) is 2.93. The third-order valence-electron chi connectivity index (χ3n) is 3.06. The SMILES string of the molecule is Cc1cc(-c2cc(-c3ccc(F)cc3)nc(S(C)(=O)=O)n2)sn1. The van der Waals surface area contributed by atoms with Gasteiger partial charge in [0.1, 0.15) is 5.82 Å². The highest BCUT2D eigenvalue weighted by atomic mass is 32.2. The fourth-order valence-corrected chi connectivity index (χ4v) is 3.21. The molecule has 0 atom stereocenters. The zero-order chi connectivity index (χ0) is 16.6. The number of rotatable bonds is 3. The zero-order valence-electron chi connectivity index (χ0n) is 12.3. The van der Waals surface area contributed by atoms with Gasteiger partial charge in [-0.25, -0.2) is 22.8 Å². The molecule has 8 heteroatoms. The molecule has 2 heterocycles. The Bertz CT molecular complexity index is 967. The molecule has 0 aliphatic carbocycles. The Morgan fingerprint density at radius 2 is 1.70 bits per heavy atom. The molecule has 0 unspecified atom stereocenters. The van der Waals surface area contributed by atoms with E-state index in [0.717, 1.165) is 16.8 Å². The van der Waals surface area contributed by atoms with Crippen LogP contribution < -0.4 is 0 Å². The minimum Gasteiger partial charge on any atom is -0.221 e. The van der Waals surface area contributed by atoms with E-state index in [4.69, 9.17) is 0 Å². The van der Waals surface area contributed by atoms with Gasteiger partial charge in [-0.15, -0.1) is 0 Å². The first-order valence-corrected chi connectivity index (χ1v) is 9.28. The van der Waals surface area contributed by atoms with Gasteiger partial charge in [0.25, 0.3) is 0 Å². The molecule has 118 valence electrons. The van der Waals surface area contributed by atoms with Crippen LogP contribution in [-0.4, -0.2) is 29.0 Å². The summed E-state index contributed by atoms with van der Waals surface area (Å²) in [5.74, 6) is -0.371. The number of nitrogens with zero attached hydrogens (tertiary/aromatic N) is 3. The predicted molar refractivity (Wildman–Crippen MR) is 86.4 cm³/mol. The Morgan fingerprint density at radius 3 is 2.26 bits per heavy atom. The maximum absolute atomic E-state index is 13.1. The van der Waals surface area contributed by atoms with Crippen molar-refractivity contribution in [3.05, 3.63) is 47.9 Å². The van der Waals surface area contributed by atoms with E-state index >= 15 is 0 Å². The van der Waals surface area contributed by atoms with Crippen molar-refractivity contribution >= 4 is 21.4 Å². The standard InChI is InChI=1S/C15H12FN3O2S2/c1-9-7-14(22-19-9)13-8-12(10-3-5-11(16)6-4-10)17-15(18-13)23(2,20)21/h3-8H,1-2H3. The Kier molecular flexibility index (Phi) is 3.95. The van der Waals surface area contributed by atoms with Crippen molar-refractivity contribution in [2.24, 2.45) is 0 Å². The van der Waals surface area contributed by atoms with Crippen LogP contribution in [0.5, 0.6) is 0 Å². The lowest BCUT2D eigenvalue weighted by Gasteiger charge is -2.06. The quantitative estimate of drug-likeness (QED) is 0.679. The lowest BCUT2D eigenvalue weighted by molar-refractivity contribution is 0.593. The van der Waals surface area contributed by atoms with Gasteiger partial charge in [-0.2, -0.15) is 4.37 Å². The van der Waals surface area contributed by atoms with Gasteiger partial charge in [-0.3, -0.25) is 0 Å². The lowest BCUT2D eigenvalue weighted by Crippen LogP contribution is -2.06. The number of hydrogen-bond acceptors (Lipinski definition) is 6. The van der Waals surface area contributed by atoms with Gasteiger partial charge in [-0.1, -0.05) is 0 Å². The number of sulfone groups is 1. The molecule has 0 N–H and O–H groups in total. The van der Waals surface area contributed by atoms with Gasteiger partial charge in [0.05, 0.1) is 22.0 Å². The third kappa shape index (κ3) is 3.43. The highest BCUT2D eigenvalue weighted by Gasteiger charge is 2.17. The molecule has 3 aromatic rings. The summed E-state index contributed by atoms with van der Waals surface area (Å²) in [6.07, 6.45) is 1.05. The van der Waals surface area contributed by atoms with Crippen LogP contribution in [-0.2, 0) is 9.84 Å². The first-order chi connectivity index (χ1) is 10.8. The Hall–Kier alpha value is -2.19. The molecule has 0 aliphatic rings. The summed E-state index contributed by atoms with van der Waals surface area (Å²) in [5.41, 5.74) is 2.33. The molecule has 5 nitrogen and oxygen atoms in total. The van der Waals surface area contributed by atoms with Crippen LogP contribution in [0.25, 0.3) is 21.8 Å². The lowest BCUT2D eigenvalue weighted by atomic mass is 10.1. The van der Waals surface area contributed by atoms with E-state index in [1.54, 1.807) is 18.2 Å². The molecule has 0 aliphatic heterocycles. The molecule has 23 heavy (non-hydrogen) atoms. The fraction of sp³-hybridized carbons (Fsp3) is 0.133. The fourth-order valence-electron chi connectivity index (χ4n) is 1.97. The van der Waals surface area contributed by atoms with Gasteiger partial charge in [0.15, 0.2) is 0 Å². The largest absolute Gasteiger partial charge is 0.247 e. The summed E-state index contributed by atoms with van der Waals surface area (Å²) < 4.78 is 41.0. The summed E-state index contributed by atoms with van der Waals surface area (Å²) >= 11 is 1.23. The topological polar surface area (TPSA) is 72.8 Å². The molecule has 0 spiro atoms. The summed E-state index contributed by atoms with van der Waals surface area (Å²) in [6.45, 7) is 1.85. The van der Waals surface area contributed by atoms with Gasteiger partial charge in [0.2, 0.25) is 15.0 Å². The van der Waals surface area contributed by atoms with Crippen molar-refractivity contribution in [2.75, 3.05) is 6.26 Å².